The Hall–Kier alpha value is -3.73. The number of aromatic nitrogens is 4. The summed E-state index contributed by atoms with van der Waals surface area (Å²) in [6.07, 6.45) is 7.88. The fourth-order valence-electron chi connectivity index (χ4n) is 3.22. The molecule has 1 saturated carbocycles. The normalized spacial score (nSPS) is 14.2. The van der Waals surface area contributed by atoms with Crippen LogP contribution in [0.2, 0.25) is 0 Å². The third-order valence-corrected chi connectivity index (χ3v) is 5.26. The van der Waals surface area contributed by atoms with Crippen LogP contribution in [0.3, 0.4) is 0 Å². The highest BCUT2D eigenvalue weighted by Crippen LogP contribution is 2.34. The Labute approximate surface area is 181 Å². The smallest absolute Gasteiger partial charge is 0.252 e. The minimum absolute atomic E-state index is 0.0409. The van der Waals surface area contributed by atoms with E-state index < -0.39 is 6.04 Å². The van der Waals surface area contributed by atoms with Gasteiger partial charge in [0.1, 0.15) is 6.04 Å². The molecule has 0 radical (unpaired) electrons. The van der Waals surface area contributed by atoms with Gasteiger partial charge in [-0.05, 0) is 43.4 Å². The Morgan fingerprint density at radius 2 is 1.97 bits per heavy atom. The number of amides is 1. The zero-order valence-electron chi connectivity index (χ0n) is 17.8. The molecule has 2 aromatic heterocycles. The van der Waals surface area contributed by atoms with Gasteiger partial charge in [0.2, 0.25) is 5.95 Å². The van der Waals surface area contributed by atoms with E-state index in [0.29, 0.717) is 17.6 Å². The van der Waals surface area contributed by atoms with Crippen LogP contribution in [0.4, 0.5) is 11.6 Å². The molecular formula is C23H25N7O. The first kappa shape index (κ1) is 20.5. The van der Waals surface area contributed by atoms with Crippen molar-refractivity contribution in [1.82, 2.24) is 25.1 Å². The lowest BCUT2D eigenvalue weighted by atomic mass is 10.0. The minimum atomic E-state index is -0.519. The van der Waals surface area contributed by atoms with Crippen LogP contribution in [0.1, 0.15) is 48.7 Å². The molecule has 0 saturated heterocycles. The van der Waals surface area contributed by atoms with Gasteiger partial charge in [0.15, 0.2) is 0 Å². The predicted octanol–water partition coefficient (Wildman–Crippen LogP) is 4.01. The van der Waals surface area contributed by atoms with Gasteiger partial charge in [0.05, 0.1) is 29.7 Å². The van der Waals surface area contributed by atoms with Crippen LogP contribution in [0.25, 0.3) is 11.3 Å². The topological polar surface area (TPSA) is 109 Å². The summed E-state index contributed by atoms with van der Waals surface area (Å²) >= 11 is 0. The molecule has 1 amide bonds. The maximum Gasteiger partial charge on any atom is 0.252 e. The molecule has 1 unspecified atom stereocenters. The number of nitrogens with zero attached hydrogens (tertiary/aromatic N) is 5. The fraction of sp³-hybridized carbons (Fsp3) is 0.348. The second kappa shape index (κ2) is 8.56. The minimum Gasteiger partial charge on any atom is -0.336 e. The van der Waals surface area contributed by atoms with Crippen molar-refractivity contribution in [2.24, 2.45) is 5.92 Å². The Bertz CT molecular complexity index is 1120. The van der Waals surface area contributed by atoms with Crippen LogP contribution in [-0.2, 0) is 0 Å². The van der Waals surface area contributed by atoms with Gasteiger partial charge in [-0.25, -0.2) is 9.97 Å². The number of hydrogen-bond acceptors (Lipinski definition) is 6. The van der Waals surface area contributed by atoms with Crippen molar-refractivity contribution in [2.75, 3.05) is 5.32 Å². The fourth-order valence-corrected chi connectivity index (χ4v) is 3.22. The SMILES string of the molecule is Cc1cnc(Nc2cnn(C3CC3)c2)nc1-c1ccc(C(=O)NC(C#N)C(C)C)cc1. The van der Waals surface area contributed by atoms with E-state index in [1.165, 1.54) is 12.8 Å². The van der Waals surface area contributed by atoms with Gasteiger partial charge in [-0.1, -0.05) is 26.0 Å². The van der Waals surface area contributed by atoms with Gasteiger partial charge in [-0.2, -0.15) is 10.4 Å². The zero-order valence-corrected chi connectivity index (χ0v) is 17.8. The van der Waals surface area contributed by atoms with Crippen molar-refractivity contribution in [1.29, 1.82) is 5.26 Å². The average Bonchev–Trinajstić information content (AvgIpc) is 3.52. The number of nitrogens with one attached hydrogen (secondary N) is 2. The van der Waals surface area contributed by atoms with Crippen LogP contribution in [0.15, 0.2) is 42.9 Å². The molecule has 0 bridgehead atoms. The van der Waals surface area contributed by atoms with Crippen LogP contribution >= 0.6 is 0 Å². The molecule has 1 aliphatic rings. The summed E-state index contributed by atoms with van der Waals surface area (Å²) in [7, 11) is 0. The van der Waals surface area contributed by atoms with Crippen molar-refractivity contribution in [3.63, 3.8) is 0 Å². The molecule has 1 fully saturated rings. The lowest BCUT2D eigenvalue weighted by molar-refractivity contribution is 0.0937. The lowest BCUT2D eigenvalue weighted by Gasteiger charge is -2.15. The van der Waals surface area contributed by atoms with Gasteiger partial charge in [-0.15, -0.1) is 0 Å². The zero-order chi connectivity index (χ0) is 22.0. The standard InChI is InChI=1S/C23H25N7O/c1-14(2)20(10-24)28-22(31)17-6-4-16(5-7-17)21-15(3)11-25-23(29-21)27-18-12-26-30(13-18)19-8-9-19/h4-7,11-14,19-20H,8-9H2,1-3H3,(H,28,31)(H,25,27,29). The van der Waals surface area contributed by atoms with Crippen LogP contribution in [-0.4, -0.2) is 31.7 Å². The van der Waals surface area contributed by atoms with Crippen molar-refractivity contribution >= 4 is 17.5 Å². The number of nitriles is 1. The first-order valence-corrected chi connectivity index (χ1v) is 10.4. The molecule has 8 nitrogen and oxygen atoms in total. The van der Waals surface area contributed by atoms with E-state index in [1.54, 1.807) is 24.5 Å². The molecule has 1 atom stereocenters. The van der Waals surface area contributed by atoms with Gasteiger partial charge in [0, 0.05) is 23.5 Å². The monoisotopic (exact) mass is 415 g/mol. The second-order valence-corrected chi connectivity index (χ2v) is 8.19. The van der Waals surface area contributed by atoms with Crippen LogP contribution in [0, 0.1) is 24.2 Å². The molecule has 4 rings (SSSR count). The number of rotatable bonds is 7. The van der Waals surface area contributed by atoms with Gasteiger partial charge < -0.3 is 10.6 Å². The Balaban J connectivity index is 1.50. The summed E-state index contributed by atoms with van der Waals surface area (Å²) in [5.74, 6) is 0.270. The molecule has 0 spiro atoms. The van der Waals surface area contributed by atoms with Crippen LogP contribution in [0.5, 0.6) is 0 Å². The molecule has 31 heavy (non-hydrogen) atoms. The maximum atomic E-state index is 12.4. The summed E-state index contributed by atoms with van der Waals surface area (Å²) in [6.45, 7) is 5.75. The van der Waals surface area contributed by atoms with E-state index in [2.05, 4.69) is 31.8 Å². The van der Waals surface area contributed by atoms with Gasteiger partial charge in [-0.3, -0.25) is 9.48 Å². The second-order valence-electron chi connectivity index (χ2n) is 8.19. The summed E-state index contributed by atoms with van der Waals surface area (Å²) in [6, 6.07) is 9.32. The first-order chi connectivity index (χ1) is 14.9. The third-order valence-electron chi connectivity index (χ3n) is 5.26. The highest BCUT2D eigenvalue weighted by atomic mass is 16.1. The van der Waals surface area contributed by atoms with Crippen molar-refractivity contribution in [3.8, 4) is 17.3 Å². The Kier molecular flexibility index (Phi) is 5.67. The summed E-state index contributed by atoms with van der Waals surface area (Å²) in [4.78, 5) is 21.5. The molecule has 1 aliphatic carbocycles. The molecular weight excluding hydrogens is 390 g/mol. The predicted molar refractivity (Wildman–Crippen MR) is 118 cm³/mol. The van der Waals surface area contributed by atoms with E-state index in [1.807, 2.05) is 43.8 Å². The molecule has 2 N–H and O–H groups in total. The van der Waals surface area contributed by atoms with Crippen molar-refractivity contribution in [3.05, 3.63) is 54.0 Å². The van der Waals surface area contributed by atoms with E-state index in [-0.39, 0.29) is 11.8 Å². The summed E-state index contributed by atoms with van der Waals surface area (Å²) in [5, 5.41) is 19.5. The number of carbonyl (C=O) groups is 1. The lowest BCUT2D eigenvalue weighted by Crippen LogP contribution is -2.37. The molecule has 8 heteroatoms. The Morgan fingerprint density at radius 3 is 2.61 bits per heavy atom. The number of aryl methyl sites for hydroxylation is 1. The summed E-state index contributed by atoms with van der Waals surface area (Å²) < 4.78 is 1.97. The highest BCUT2D eigenvalue weighted by molar-refractivity contribution is 5.95. The van der Waals surface area contributed by atoms with Gasteiger partial charge in [0.25, 0.3) is 5.91 Å². The maximum absolute atomic E-state index is 12.4. The largest absolute Gasteiger partial charge is 0.336 e. The molecule has 158 valence electrons. The third kappa shape index (κ3) is 4.72. The molecule has 0 aliphatic heterocycles. The van der Waals surface area contributed by atoms with Crippen molar-refractivity contribution in [2.45, 2.75) is 45.7 Å². The van der Waals surface area contributed by atoms with E-state index in [4.69, 9.17) is 0 Å². The summed E-state index contributed by atoms with van der Waals surface area (Å²) in [5.41, 5.74) is 3.96. The van der Waals surface area contributed by atoms with E-state index >= 15 is 0 Å². The molecule has 2 heterocycles. The van der Waals surface area contributed by atoms with E-state index in [0.717, 1.165) is 22.5 Å². The van der Waals surface area contributed by atoms with Gasteiger partial charge >= 0.3 is 0 Å². The quantitative estimate of drug-likeness (QED) is 0.604. The highest BCUT2D eigenvalue weighted by Gasteiger charge is 2.24. The van der Waals surface area contributed by atoms with E-state index in [9.17, 15) is 10.1 Å². The number of carbonyl (C=O) groups excluding carboxylic acids is 1. The number of anilines is 2. The Morgan fingerprint density at radius 1 is 1.23 bits per heavy atom. The first-order valence-electron chi connectivity index (χ1n) is 10.4. The van der Waals surface area contributed by atoms with Crippen LogP contribution < -0.4 is 10.6 Å². The number of hydrogen-bond donors (Lipinski definition) is 2. The average molecular weight is 416 g/mol. The van der Waals surface area contributed by atoms with Crippen molar-refractivity contribution < 1.29 is 4.79 Å². The molecule has 3 aromatic rings. The number of benzene rings is 1. The molecule has 1 aromatic carbocycles.